The van der Waals surface area contributed by atoms with E-state index >= 15 is 0 Å². The Labute approximate surface area is 182 Å². The van der Waals surface area contributed by atoms with Crippen LogP contribution in [0.2, 0.25) is 0 Å². The zero-order valence-electron chi connectivity index (χ0n) is 19.0. The molecule has 0 aliphatic heterocycles. The molecule has 30 heavy (non-hydrogen) atoms. The number of hydrogen-bond acceptors (Lipinski definition) is 3. The second-order valence-electron chi connectivity index (χ2n) is 9.34. The number of aliphatic hydroxyl groups is 3. The van der Waals surface area contributed by atoms with Gasteiger partial charge in [0, 0.05) is 6.42 Å². The highest BCUT2D eigenvalue weighted by Gasteiger charge is 2.24. The molecule has 2 rings (SSSR count). The van der Waals surface area contributed by atoms with Gasteiger partial charge in [-0.2, -0.15) is 0 Å². The Morgan fingerprint density at radius 1 is 1.20 bits per heavy atom. The lowest BCUT2D eigenvalue weighted by atomic mass is 9.85. The van der Waals surface area contributed by atoms with Crippen LogP contribution in [0.5, 0.6) is 0 Å². The number of rotatable bonds is 10. The summed E-state index contributed by atoms with van der Waals surface area (Å²) in [6.45, 7) is 9.94. The Morgan fingerprint density at radius 3 is 2.67 bits per heavy atom. The van der Waals surface area contributed by atoms with Crippen molar-refractivity contribution >= 4 is 5.57 Å². The average molecular weight is 413 g/mol. The standard InChI is InChI=1S/C27H40O3/c1-5-10-22(14-15-23-18-25(28)19-26(29)20(23)2)24-13-9-12-21(17-24)11-7-6-8-16-27(3,4)30/h9,12-15,17,25-26,28-30H,2,5-8,10-11,16,18-19H2,1,3-4H3/b22-14-,23-15-/t25-,26+/m1/s1. The lowest BCUT2D eigenvalue weighted by Crippen LogP contribution is -2.26. The molecule has 0 saturated heterocycles. The summed E-state index contributed by atoms with van der Waals surface area (Å²) in [7, 11) is 0. The highest BCUT2D eigenvalue weighted by atomic mass is 16.3. The molecule has 1 aliphatic rings. The van der Waals surface area contributed by atoms with Crippen molar-refractivity contribution in [3.8, 4) is 0 Å². The molecule has 166 valence electrons. The molecular formula is C27H40O3. The quantitative estimate of drug-likeness (QED) is 0.429. The van der Waals surface area contributed by atoms with E-state index < -0.39 is 17.8 Å². The Morgan fingerprint density at radius 2 is 1.97 bits per heavy atom. The van der Waals surface area contributed by atoms with Crippen LogP contribution in [0.1, 0.15) is 83.3 Å². The largest absolute Gasteiger partial charge is 0.393 e. The van der Waals surface area contributed by atoms with E-state index in [0.717, 1.165) is 56.1 Å². The Kier molecular flexibility index (Phi) is 9.54. The van der Waals surface area contributed by atoms with Gasteiger partial charge in [-0.1, -0.05) is 69.2 Å². The molecule has 1 fully saturated rings. The highest BCUT2D eigenvalue weighted by Crippen LogP contribution is 2.29. The van der Waals surface area contributed by atoms with E-state index in [2.05, 4.69) is 43.8 Å². The SMILES string of the molecule is C=C1/C(=C\C=C(\CCC)c2cccc(CCCCCC(C)(C)O)c2)C[C@@H](O)C[C@@H]1O. The fourth-order valence-electron chi connectivity index (χ4n) is 4.04. The molecular weight excluding hydrogens is 372 g/mol. The van der Waals surface area contributed by atoms with Crippen LogP contribution in [-0.4, -0.2) is 33.1 Å². The van der Waals surface area contributed by atoms with Gasteiger partial charge in [-0.05, 0) is 73.8 Å². The summed E-state index contributed by atoms with van der Waals surface area (Å²) >= 11 is 0. The Hall–Kier alpha value is -1.68. The molecule has 2 atom stereocenters. The van der Waals surface area contributed by atoms with Crippen LogP contribution in [0.25, 0.3) is 5.57 Å². The van der Waals surface area contributed by atoms with Gasteiger partial charge in [-0.15, -0.1) is 0 Å². The van der Waals surface area contributed by atoms with Crippen molar-refractivity contribution < 1.29 is 15.3 Å². The predicted molar refractivity (Wildman–Crippen MR) is 126 cm³/mol. The summed E-state index contributed by atoms with van der Waals surface area (Å²) in [5, 5.41) is 29.9. The maximum absolute atomic E-state index is 10.1. The maximum atomic E-state index is 10.1. The van der Waals surface area contributed by atoms with Gasteiger partial charge >= 0.3 is 0 Å². The van der Waals surface area contributed by atoms with E-state index in [-0.39, 0.29) is 0 Å². The molecule has 1 aromatic rings. The highest BCUT2D eigenvalue weighted by molar-refractivity contribution is 5.68. The summed E-state index contributed by atoms with van der Waals surface area (Å²) < 4.78 is 0. The van der Waals surface area contributed by atoms with Gasteiger partial charge in [0.05, 0.1) is 17.8 Å². The molecule has 0 bridgehead atoms. The van der Waals surface area contributed by atoms with Crippen LogP contribution in [-0.2, 0) is 6.42 Å². The molecule has 0 spiro atoms. The number of unbranched alkanes of at least 4 members (excludes halogenated alkanes) is 2. The van der Waals surface area contributed by atoms with Gasteiger partial charge in [0.25, 0.3) is 0 Å². The first-order valence-corrected chi connectivity index (χ1v) is 11.5. The van der Waals surface area contributed by atoms with Gasteiger partial charge in [-0.25, -0.2) is 0 Å². The minimum Gasteiger partial charge on any atom is -0.393 e. The van der Waals surface area contributed by atoms with E-state index in [1.54, 1.807) is 0 Å². The average Bonchev–Trinajstić information content (AvgIpc) is 2.67. The molecule has 0 unspecified atom stereocenters. The molecule has 1 aromatic carbocycles. The van der Waals surface area contributed by atoms with Gasteiger partial charge in [0.1, 0.15) is 0 Å². The van der Waals surface area contributed by atoms with Gasteiger partial charge in [-0.3, -0.25) is 0 Å². The Bertz CT molecular complexity index is 752. The molecule has 3 heteroatoms. The van der Waals surface area contributed by atoms with Crippen LogP contribution >= 0.6 is 0 Å². The van der Waals surface area contributed by atoms with E-state index in [4.69, 9.17) is 0 Å². The van der Waals surface area contributed by atoms with Crippen molar-refractivity contribution in [2.24, 2.45) is 0 Å². The second-order valence-corrected chi connectivity index (χ2v) is 9.34. The summed E-state index contributed by atoms with van der Waals surface area (Å²) in [4.78, 5) is 0. The van der Waals surface area contributed by atoms with Crippen LogP contribution in [0.15, 0.2) is 54.1 Å². The third-order valence-corrected chi connectivity index (χ3v) is 5.82. The van der Waals surface area contributed by atoms with Crippen molar-refractivity contribution in [3.63, 3.8) is 0 Å². The van der Waals surface area contributed by atoms with Crippen molar-refractivity contribution in [1.82, 2.24) is 0 Å². The maximum Gasteiger partial charge on any atom is 0.0811 e. The summed E-state index contributed by atoms with van der Waals surface area (Å²) in [6.07, 6.45) is 11.2. The van der Waals surface area contributed by atoms with Crippen molar-refractivity contribution in [1.29, 1.82) is 0 Å². The van der Waals surface area contributed by atoms with E-state index in [1.165, 1.54) is 16.7 Å². The smallest absolute Gasteiger partial charge is 0.0811 e. The molecule has 0 radical (unpaired) electrons. The van der Waals surface area contributed by atoms with Gasteiger partial charge in [0.15, 0.2) is 0 Å². The monoisotopic (exact) mass is 412 g/mol. The Balaban J connectivity index is 2.06. The van der Waals surface area contributed by atoms with Crippen molar-refractivity contribution in [2.75, 3.05) is 0 Å². The zero-order chi connectivity index (χ0) is 22.1. The van der Waals surface area contributed by atoms with E-state index in [9.17, 15) is 15.3 Å². The predicted octanol–water partition coefficient (Wildman–Crippen LogP) is 5.74. The molecule has 3 N–H and O–H groups in total. The van der Waals surface area contributed by atoms with Crippen LogP contribution in [0.4, 0.5) is 0 Å². The van der Waals surface area contributed by atoms with Crippen molar-refractivity contribution in [3.05, 3.63) is 65.3 Å². The topological polar surface area (TPSA) is 60.7 Å². The molecule has 1 saturated carbocycles. The van der Waals surface area contributed by atoms with Crippen LogP contribution in [0, 0.1) is 0 Å². The first-order chi connectivity index (χ1) is 14.2. The number of hydrogen-bond donors (Lipinski definition) is 3. The van der Waals surface area contributed by atoms with Gasteiger partial charge in [0.2, 0.25) is 0 Å². The van der Waals surface area contributed by atoms with Crippen molar-refractivity contribution in [2.45, 2.75) is 96.4 Å². The first-order valence-electron chi connectivity index (χ1n) is 11.5. The third kappa shape index (κ3) is 8.22. The normalized spacial score (nSPS) is 22.0. The van der Waals surface area contributed by atoms with E-state index in [1.807, 2.05) is 19.9 Å². The molecule has 1 aliphatic carbocycles. The lowest BCUT2D eigenvalue weighted by Gasteiger charge is -2.26. The number of aliphatic hydroxyl groups excluding tert-OH is 2. The number of benzene rings is 1. The fraction of sp³-hybridized carbons (Fsp3) is 0.556. The molecule has 0 aromatic heterocycles. The lowest BCUT2D eigenvalue weighted by molar-refractivity contribution is 0.0680. The fourth-order valence-corrected chi connectivity index (χ4v) is 4.04. The zero-order valence-corrected chi connectivity index (χ0v) is 19.0. The summed E-state index contributed by atoms with van der Waals surface area (Å²) in [5.41, 5.74) is 4.97. The summed E-state index contributed by atoms with van der Waals surface area (Å²) in [6, 6.07) is 8.77. The van der Waals surface area contributed by atoms with Crippen LogP contribution in [0.3, 0.4) is 0 Å². The number of aryl methyl sites for hydroxylation is 1. The minimum absolute atomic E-state index is 0.375. The molecule has 0 amide bonds. The summed E-state index contributed by atoms with van der Waals surface area (Å²) in [5.74, 6) is 0. The van der Waals surface area contributed by atoms with Crippen LogP contribution < -0.4 is 0 Å². The van der Waals surface area contributed by atoms with E-state index in [0.29, 0.717) is 12.8 Å². The molecule has 0 heterocycles. The molecule has 3 nitrogen and oxygen atoms in total. The number of allylic oxidation sites excluding steroid dienone is 3. The second kappa shape index (κ2) is 11.6. The third-order valence-electron chi connectivity index (χ3n) is 5.82. The first kappa shape index (κ1) is 24.6. The van der Waals surface area contributed by atoms with Gasteiger partial charge < -0.3 is 15.3 Å². The minimum atomic E-state index is -0.650.